The van der Waals surface area contributed by atoms with Gasteiger partial charge in [-0.1, -0.05) is 60.7 Å². The van der Waals surface area contributed by atoms with Crippen molar-refractivity contribution in [3.8, 4) is 22.4 Å². The van der Waals surface area contributed by atoms with Crippen LogP contribution < -0.4 is 11.3 Å². The highest BCUT2D eigenvalue weighted by molar-refractivity contribution is 5.78. The summed E-state index contributed by atoms with van der Waals surface area (Å²) in [7, 11) is 0. The fraction of sp³-hybridized carbons (Fsp3) is 0. The summed E-state index contributed by atoms with van der Waals surface area (Å²) < 4.78 is 0. The van der Waals surface area contributed by atoms with Crippen LogP contribution in [0.3, 0.4) is 0 Å². The van der Waals surface area contributed by atoms with Crippen molar-refractivity contribution >= 4 is 5.82 Å². The van der Waals surface area contributed by atoms with E-state index >= 15 is 0 Å². The first-order valence-corrected chi connectivity index (χ1v) is 6.33. The summed E-state index contributed by atoms with van der Waals surface area (Å²) in [6.45, 7) is 0. The fourth-order valence-corrected chi connectivity index (χ4v) is 2.09. The van der Waals surface area contributed by atoms with Crippen molar-refractivity contribution in [3.63, 3.8) is 0 Å². The lowest BCUT2D eigenvalue weighted by atomic mass is 10.0. The highest BCUT2D eigenvalue weighted by Gasteiger charge is 2.09. The van der Waals surface area contributed by atoms with Crippen LogP contribution in [0.1, 0.15) is 0 Å². The van der Waals surface area contributed by atoms with Crippen LogP contribution in [-0.2, 0) is 0 Å². The van der Waals surface area contributed by atoms with Crippen molar-refractivity contribution in [2.75, 3.05) is 5.43 Å². The number of anilines is 1. The number of rotatable bonds is 3. The van der Waals surface area contributed by atoms with Crippen molar-refractivity contribution in [1.29, 1.82) is 0 Å². The molecule has 0 amide bonds. The highest BCUT2D eigenvalue weighted by Crippen LogP contribution is 2.28. The number of hydrogen-bond donors (Lipinski definition) is 2. The Hall–Kier alpha value is -2.72. The second-order valence-corrected chi connectivity index (χ2v) is 4.37. The molecule has 3 aromatic rings. The van der Waals surface area contributed by atoms with E-state index in [9.17, 15) is 0 Å². The van der Waals surface area contributed by atoms with Crippen LogP contribution in [0, 0.1) is 0 Å². The molecule has 0 fully saturated rings. The number of nitrogens with two attached hydrogens (primary N) is 1. The van der Waals surface area contributed by atoms with Crippen LogP contribution in [0.5, 0.6) is 0 Å². The SMILES string of the molecule is NNc1nnc(-c2ccccc2)cc1-c1ccccc1. The second-order valence-electron chi connectivity index (χ2n) is 4.37. The van der Waals surface area contributed by atoms with Crippen LogP contribution in [-0.4, -0.2) is 10.2 Å². The molecule has 0 radical (unpaired) electrons. The first-order chi connectivity index (χ1) is 9.88. The molecule has 0 atom stereocenters. The van der Waals surface area contributed by atoms with Crippen molar-refractivity contribution in [1.82, 2.24) is 10.2 Å². The molecule has 0 unspecified atom stereocenters. The maximum atomic E-state index is 5.52. The highest BCUT2D eigenvalue weighted by atomic mass is 15.3. The molecule has 3 rings (SSSR count). The Kier molecular flexibility index (Phi) is 3.39. The smallest absolute Gasteiger partial charge is 0.170 e. The van der Waals surface area contributed by atoms with Crippen molar-refractivity contribution in [2.24, 2.45) is 5.84 Å². The van der Waals surface area contributed by atoms with Crippen molar-refractivity contribution in [3.05, 3.63) is 66.7 Å². The van der Waals surface area contributed by atoms with E-state index in [4.69, 9.17) is 5.84 Å². The molecule has 4 heteroatoms. The van der Waals surface area contributed by atoms with E-state index in [2.05, 4.69) is 15.6 Å². The van der Waals surface area contributed by atoms with E-state index in [0.717, 1.165) is 22.4 Å². The van der Waals surface area contributed by atoms with Gasteiger partial charge in [0.15, 0.2) is 5.82 Å². The van der Waals surface area contributed by atoms with Crippen LogP contribution in [0.4, 0.5) is 5.82 Å². The Morgan fingerprint density at radius 1 is 0.750 bits per heavy atom. The van der Waals surface area contributed by atoms with Crippen LogP contribution in [0.15, 0.2) is 66.7 Å². The topological polar surface area (TPSA) is 63.8 Å². The Morgan fingerprint density at radius 2 is 1.35 bits per heavy atom. The van der Waals surface area contributed by atoms with Crippen LogP contribution in [0.2, 0.25) is 0 Å². The molecule has 4 nitrogen and oxygen atoms in total. The van der Waals surface area contributed by atoms with E-state index in [1.165, 1.54) is 0 Å². The van der Waals surface area contributed by atoms with Crippen molar-refractivity contribution < 1.29 is 0 Å². The molecule has 1 aromatic heterocycles. The molecule has 0 aliphatic carbocycles. The van der Waals surface area contributed by atoms with E-state index < -0.39 is 0 Å². The lowest BCUT2D eigenvalue weighted by Gasteiger charge is -2.09. The molecular weight excluding hydrogens is 248 g/mol. The third-order valence-corrected chi connectivity index (χ3v) is 3.08. The summed E-state index contributed by atoms with van der Waals surface area (Å²) in [5, 5.41) is 8.38. The number of hydrogen-bond acceptors (Lipinski definition) is 4. The van der Waals surface area contributed by atoms with Gasteiger partial charge in [0, 0.05) is 11.1 Å². The van der Waals surface area contributed by atoms with E-state index in [0.29, 0.717) is 5.82 Å². The standard InChI is InChI=1S/C16H14N4/c17-18-16-14(12-7-3-1-4-8-12)11-15(19-20-16)13-9-5-2-6-10-13/h1-11H,17H2,(H,18,20). The van der Waals surface area contributed by atoms with Gasteiger partial charge >= 0.3 is 0 Å². The third-order valence-electron chi connectivity index (χ3n) is 3.08. The Labute approximate surface area is 117 Å². The zero-order valence-electron chi connectivity index (χ0n) is 10.8. The minimum Gasteiger partial charge on any atom is -0.306 e. The molecule has 1 heterocycles. The van der Waals surface area contributed by atoms with Crippen LogP contribution in [0.25, 0.3) is 22.4 Å². The largest absolute Gasteiger partial charge is 0.306 e. The lowest BCUT2D eigenvalue weighted by Crippen LogP contribution is -2.11. The Morgan fingerprint density at radius 3 is 1.95 bits per heavy atom. The van der Waals surface area contributed by atoms with Gasteiger partial charge in [-0.3, -0.25) is 0 Å². The van der Waals surface area contributed by atoms with E-state index in [1.54, 1.807) is 0 Å². The predicted molar refractivity (Wildman–Crippen MR) is 80.7 cm³/mol. The van der Waals surface area contributed by atoms with Gasteiger partial charge in [0.2, 0.25) is 0 Å². The first kappa shape index (κ1) is 12.3. The van der Waals surface area contributed by atoms with Gasteiger partial charge in [-0.05, 0) is 11.6 Å². The van der Waals surface area contributed by atoms with E-state index in [1.807, 2.05) is 66.7 Å². The Bertz CT molecular complexity index is 696. The van der Waals surface area contributed by atoms with Gasteiger partial charge in [0.05, 0.1) is 5.69 Å². The molecule has 2 aromatic carbocycles. The number of aromatic nitrogens is 2. The summed E-state index contributed by atoms with van der Waals surface area (Å²) in [5.74, 6) is 6.09. The molecule has 0 bridgehead atoms. The van der Waals surface area contributed by atoms with Gasteiger partial charge in [0.1, 0.15) is 0 Å². The molecule has 3 N–H and O–H groups in total. The maximum absolute atomic E-state index is 5.52. The number of nitrogens with one attached hydrogen (secondary N) is 1. The fourth-order valence-electron chi connectivity index (χ4n) is 2.09. The second kappa shape index (κ2) is 5.50. The first-order valence-electron chi connectivity index (χ1n) is 6.33. The zero-order valence-corrected chi connectivity index (χ0v) is 10.8. The zero-order chi connectivity index (χ0) is 13.8. The molecule has 0 aliphatic heterocycles. The number of nitrogens with zero attached hydrogens (tertiary/aromatic N) is 2. The summed E-state index contributed by atoms with van der Waals surface area (Å²) in [5.41, 5.74) is 6.43. The summed E-state index contributed by atoms with van der Waals surface area (Å²) >= 11 is 0. The molecular formula is C16H14N4. The summed E-state index contributed by atoms with van der Waals surface area (Å²) in [6, 6.07) is 21.9. The lowest BCUT2D eigenvalue weighted by molar-refractivity contribution is 1.03. The number of benzene rings is 2. The van der Waals surface area contributed by atoms with Gasteiger partial charge in [-0.2, -0.15) is 0 Å². The molecule has 20 heavy (non-hydrogen) atoms. The Balaban J connectivity index is 2.13. The van der Waals surface area contributed by atoms with Gasteiger partial charge < -0.3 is 5.43 Å². The summed E-state index contributed by atoms with van der Waals surface area (Å²) in [4.78, 5) is 0. The normalized spacial score (nSPS) is 10.2. The predicted octanol–water partition coefficient (Wildman–Crippen LogP) is 3.10. The maximum Gasteiger partial charge on any atom is 0.170 e. The number of hydrazine groups is 1. The third kappa shape index (κ3) is 2.37. The molecule has 0 saturated carbocycles. The minimum atomic E-state index is 0.566. The van der Waals surface area contributed by atoms with Gasteiger partial charge in [-0.25, -0.2) is 5.84 Å². The molecule has 98 valence electrons. The quantitative estimate of drug-likeness (QED) is 0.562. The van der Waals surface area contributed by atoms with Crippen LogP contribution >= 0.6 is 0 Å². The minimum absolute atomic E-state index is 0.566. The number of nitrogen functional groups attached to an aromatic ring is 1. The van der Waals surface area contributed by atoms with Gasteiger partial charge in [0.25, 0.3) is 0 Å². The average molecular weight is 262 g/mol. The van der Waals surface area contributed by atoms with Gasteiger partial charge in [-0.15, -0.1) is 10.2 Å². The monoisotopic (exact) mass is 262 g/mol. The summed E-state index contributed by atoms with van der Waals surface area (Å²) in [6.07, 6.45) is 0. The average Bonchev–Trinajstić information content (AvgIpc) is 2.56. The molecule has 0 aliphatic rings. The van der Waals surface area contributed by atoms with E-state index in [-0.39, 0.29) is 0 Å². The molecule has 0 saturated heterocycles. The molecule has 0 spiro atoms. The van der Waals surface area contributed by atoms with Crippen molar-refractivity contribution in [2.45, 2.75) is 0 Å².